The van der Waals surface area contributed by atoms with E-state index in [2.05, 4.69) is 22.8 Å². The van der Waals surface area contributed by atoms with Gasteiger partial charge in [-0.3, -0.25) is 4.89 Å². The minimum Gasteiger partial charge on any atom is -0.499 e. The Kier molecular flexibility index (Phi) is 28.9. The molecule has 0 aliphatic heterocycles. The highest BCUT2D eigenvalue weighted by molar-refractivity contribution is 5.87. The summed E-state index contributed by atoms with van der Waals surface area (Å²) in [6, 6.07) is 0. The average Bonchev–Trinajstić information content (AvgIpc) is 2.58. The molecule has 0 radical (unpaired) electrons. The van der Waals surface area contributed by atoms with E-state index in [1.807, 2.05) is 6.92 Å². The van der Waals surface area contributed by atoms with Gasteiger partial charge in [-0.15, -0.1) is 6.58 Å². The molecule has 0 bridgehead atoms. The normalized spacial score (nSPS) is 9.52. The van der Waals surface area contributed by atoms with Crippen LogP contribution >= 0.6 is 0 Å². The van der Waals surface area contributed by atoms with Crippen LogP contribution in [0.25, 0.3) is 0 Å². The molecule has 7 heteroatoms. The van der Waals surface area contributed by atoms with Gasteiger partial charge in [0.15, 0.2) is 0 Å². The van der Waals surface area contributed by atoms with Crippen LogP contribution in [0.1, 0.15) is 26.7 Å². The number of allylic oxidation sites excluding steroid dienone is 1. The molecule has 0 fully saturated rings. The topological polar surface area (TPSA) is 105 Å². The van der Waals surface area contributed by atoms with Crippen molar-refractivity contribution in [3.05, 3.63) is 37.1 Å². The molecule has 0 rings (SSSR count). The van der Waals surface area contributed by atoms with Gasteiger partial charge in [-0.1, -0.05) is 32.1 Å². The molecule has 0 aliphatic carbocycles. The maximum absolute atomic E-state index is 10.5. The first-order valence-corrected chi connectivity index (χ1v) is 7.20. The highest BCUT2D eigenvalue weighted by Gasteiger charge is 2.02. The molecule has 0 amide bonds. The summed E-state index contributed by atoms with van der Waals surface area (Å²) >= 11 is 0. The van der Waals surface area contributed by atoms with Gasteiger partial charge in [-0.2, -0.15) is 5.26 Å². The van der Waals surface area contributed by atoms with Crippen LogP contribution in [0.5, 0.6) is 0 Å². The smallest absolute Gasteiger partial charge is 0.368 e. The third kappa shape index (κ3) is 29.1. The van der Waals surface area contributed by atoms with E-state index in [0.717, 1.165) is 12.8 Å². The molecule has 0 heterocycles. The third-order valence-electron chi connectivity index (χ3n) is 1.94. The maximum atomic E-state index is 10.5. The fraction of sp³-hybridized carbons (Fsp3) is 0.562. The molecule has 0 spiro atoms. The van der Waals surface area contributed by atoms with Gasteiger partial charge in [0.25, 0.3) is 0 Å². The van der Waals surface area contributed by atoms with Crippen LogP contribution in [0.4, 0.5) is 0 Å². The van der Waals surface area contributed by atoms with Crippen molar-refractivity contribution in [1.29, 1.82) is 0 Å². The van der Waals surface area contributed by atoms with Crippen LogP contribution in [0, 0.1) is 0 Å². The number of carbonyl (C=O) groups excluding carboxylic acids is 1. The zero-order valence-corrected chi connectivity index (χ0v) is 14.1. The Bertz CT molecular complexity index is 301. The molecule has 23 heavy (non-hydrogen) atoms. The van der Waals surface area contributed by atoms with Crippen molar-refractivity contribution >= 4 is 5.97 Å². The first-order valence-electron chi connectivity index (χ1n) is 7.20. The maximum Gasteiger partial charge on any atom is 0.368 e. The first-order chi connectivity index (χ1) is 11.0. The molecule has 0 unspecified atom stereocenters. The summed E-state index contributed by atoms with van der Waals surface area (Å²) in [6.07, 6.45) is 6.50. The molecule has 0 atom stereocenters. The number of hydrogen-bond donors (Lipinski definition) is 3. The fourth-order valence-corrected chi connectivity index (χ4v) is 0.883. The van der Waals surface area contributed by atoms with Gasteiger partial charge in [0.05, 0.1) is 32.7 Å². The zero-order chi connectivity index (χ0) is 18.3. The molecule has 0 aromatic carbocycles. The third-order valence-corrected chi connectivity index (χ3v) is 1.94. The van der Waals surface area contributed by atoms with Gasteiger partial charge in [0.1, 0.15) is 6.61 Å². The summed E-state index contributed by atoms with van der Waals surface area (Å²) in [5, 5.41) is 24.1. The van der Waals surface area contributed by atoms with Crippen molar-refractivity contribution in [3.8, 4) is 0 Å². The Morgan fingerprint density at radius 2 is 1.78 bits per heavy atom. The quantitative estimate of drug-likeness (QED) is 0.140. The van der Waals surface area contributed by atoms with Gasteiger partial charge in [-0.05, 0) is 13.3 Å². The molecule has 3 N–H and O–H groups in total. The van der Waals surface area contributed by atoms with Gasteiger partial charge in [-0.25, -0.2) is 4.79 Å². The Labute approximate surface area is 138 Å². The first kappa shape index (κ1) is 26.2. The van der Waals surface area contributed by atoms with Gasteiger partial charge >= 0.3 is 5.97 Å². The van der Waals surface area contributed by atoms with Crippen molar-refractivity contribution in [2.75, 3.05) is 33.0 Å². The lowest BCUT2D eigenvalue weighted by atomic mass is 10.2. The number of hydrogen-bond acceptors (Lipinski definition) is 7. The van der Waals surface area contributed by atoms with Gasteiger partial charge < -0.3 is 19.7 Å². The Morgan fingerprint density at radius 3 is 2.13 bits per heavy atom. The lowest BCUT2D eigenvalue weighted by Crippen LogP contribution is -2.01. The van der Waals surface area contributed by atoms with E-state index in [1.165, 1.54) is 6.26 Å². The number of unbranched alkanes of at least 4 members (excludes halogenated alkanes) is 1. The number of aliphatic hydroxyl groups excluding tert-OH is 2. The van der Waals surface area contributed by atoms with Gasteiger partial charge in [0, 0.05) is 5.57 Å². The van der Waals surface area contributed by atoms with Crippen LogP contribution in [0.3, 0.4) is 0 Å². The largest absolute Gasteiger partial charge is 0.499 e. The van der Waals surface area contributed by atoms with E-state index < -0.39 is 5.97 Å². The highest BCUT2D eigenvalue weighted by Crippen LogP contribution is 1.99. The predicted molar refractivity (Wildman–Crippen MR) is 88.7 cm³/mol. The molecule has 0 saturated carbocycles. The van der Waals surface area contributed by atoms with E-state index >= 15 is 0 Å². The van der Waals surface area contributed by atoms with Crippen molar-refractivity contribution < 1.29 is 34.6 Å². The summed E-state index contributed by atoms with van der Waals surface area (Å²) in [6.45, 7) is 11.7. The molecule has 0 aromatic heterocycles. The van der Waals surface area contributed by atoms with Crippen molar-refractivity contribution in [2.45, 2.75) is 26.7 Å². The van der Waals surface area contributed by atoms with Gasteiger partial charge in [0.2, 0.25) is 0 Å². The molecule has 0 saturated heterocycles. The van der Waals surface area contributed by atoms with E-state index in [4.69, 9.17) is 20.2 Å². The minimum absolute atomic E-state index is 0.0615. The highest BCUT2D eigenvalue weighted by atomic mass is 17.1. The fourth-order valence-electron chi connectivity index (χ4n) is 0.883. The second-order valence-corrected chi connectivity index (χ2v) is 3.90. The van der Waals surface area contributed by atoms with E-state index in [0.29, 0.717) is 25.4 Å². The predicted octanol–water partition coefficient (Wildman–Crippen LogP) is 2.07. The van der Waals surface area contributed by atoms with Crippen molar-refractivity contribution in [3.63, 3.8) is 0 Å². The monoisotopic (exact) mass is 334 g/mol. The Morgan fingerprint density at radius 1 is 1.17 bits per heavy atom. The number of carbonyl (C=O) groups is 1. The molecule has 7 nitrogen and oxygen atoms in total. The van der Waals surface area contributed by atoms with E-state index in [1.54, 1.807) is 19.1 Å². The average molecular weight is 334 g/mol. The van der Waals surface area contributed by atoms with E-state index in [-0.39, 0.29) is 13.2 Å². The van der Waals surface area contributed by atoms with Crippen LogP contribution in [0.15, 0.2) is 37.1 Å². The summed E-state index contributed by atoms with van der Waals surface area (Å²) in [5.74, 6) is -0.673. The SMILES string of the molecule is C=CCOCCO.C=COCCO.CCCC=C(C)C(=O)OO. The Hall–Kier alpha value is -1.67. The number of aliphatic hydroxyl groups is 2. The lowest BCUT2D eigenvalue weighted by molar-refractivity contribution is -0.229. The number of rotatable bonds is 10. The molecule has 0 aromatic rings. The second kappa shape index (κ2) is 25.3. The molecular weight excluding hydrogens is 304 g/mol. The molecular formula is C16H30O7. The molecule has 0 aliphatic rings. The van der Waals surface area contributed by atoms with Crippen molar-refractivity contribution in [1.82, 2.24) is 0 Å². The van der Waals surface area contributed by atoms with Crippen LogP contribution < -0.4 is 0 Å². The minimum atomic E-state index is -0.673. The van der Waals surface area contributed by atoms with E-state index in [9.17, 15) is 4.79 Å². The zero-order valence-electron chi connectivity index (χ0n) is 14.1. The lowest BCUT2D eigenvalue weighted by Gasteiger charge is -1.93. The molecule has 136 valence electrons. The summed E-state index contributed by atoms with van der Waals surface area (Å²) in [5.41, 5.74) is 0.448. The summed E-state index contributed by atoms with van der Waals surface area (Å²) in [7, 11) is 0. The van der Waals surface area contributed by atoms with Crippen LogP contribution in [0.2, 0.25) is 0 Å². The van der Waals surface area contributed by atoms with Crippen LogP contribution in [-0.4, -0.2) is 54.5 Å². The Balaban J connectivity index is -0.000000272. The summed E-state index contributed by atoms with van der Waals surface area (Å²) < 4.78 is 9.26. The van der Waals surface area contributed by atoms with Crippen molar-refractivity contribution in [2.24, 2.45) is 0 Å². The number of ether oxygens (including phenoxy) is 2. The summed E-state index contributed by atoms with van der Waals surface area (Å²) in [4.78, 5) is 14.0. The standard InChI is InChI=1S/C7H12O3.C5H10O2.C4H8O2/c1-3-4-5-6(2)7(8)10-9;1-2-4-7-5-3-6;1-2-6-4-3-5/h5,9H,3-4H2,1-2H3;2,6H,1,3-5H2;2,5H,1,3-4H2. The second-order valence-electron chi connectivity index (χ2n) is 3.90. The van der Waals surface area contributed by atoms with Crippen LogP contribution in [-0.2, 0) is 19.2 Å².